The Balaban J connectivity index is 2.83. The van der Waals surface area contributed by atoms with Gasteiger partial charge >= 0.3 is 12.1 Å². The van der Waals surface area contributed by atoms with E-state index < -0.39 is 30.1 Å². The van der Waals surface area contributed by atoms with E-state index in [4.69, 9.17) is 9.84 Å². The van der Waals surface area contributed by atoms with Crippen LogP contribution in [-0.2, 0) is 9.53 Å². The van der Waals surface area contributed by atoms with E-state index in [0.717, 1.165) is 0 Å². The Morgan fingerprint density at radius 1 is 1.56 bits per heavy atom. The molecule has 0 spiro atoms. The van der Waals surface area contributed by atoms with Gasteiger partial charge in [-0.2, -0.15) is 13.2 Å². The van der Waals surface area contributed by atoms with Gasteiger partial charge in [0.1, 0.15) is 0 Å². The lowest BCUT2D eigenvalue weighted by atomic mass is 9.77. The van der Waals surface area contributed by atoms with E-state index in [-0.39, 0.29) is 25.9 Å². The van der Waals surface area contributed by atoms with Crippen LogP contribution in [-0.4, -0.2) is 29.5 Å². The van der Waals surface area contributed by atoms with Crippen LogP contribution in [0.2, 0.25) is 0 Å². The van der Waals surface area contributed by atoms with Crippen LogP contribution in [0.5, 0.6) is 0 Å². The van der Waals surface area contributed by atoms with Crippen LogP contribution in [0.3, 0.4) is 0 Å². The summed E-state index contributed by atoms with van der Waals surface area (Å²) in [5.74, 6) is -2.85. The van der Waals surface area contributed by atoms with Gasteiger partial charge in [0.25, 0.3) is 0 Å². The van der Waals surface area contributed by atoms with Gasteiger partial charge in [0.15, 0.2) is 5.60 Å². The number of carboxylic acids is 1. The van der Waals surface area contributed by atoms with Crippen molar-refractivity contribution in [1.29, 1.82) is 0 Å². The molecule has 94 valence electrons. The summed E-state index contributed by atoms with van der Waals surface area (Å²) in [5, 5.41) is 9.01. The number of rotatable bonds is 3. The van der Waals surface area contributed by atoms with Crippen molar-refractivity contribution in [3.8, 4) is 0 Å². The molecule has 0 saturated heterocycles. The lowest BCUT2D eigenvalue weighted by molar-refractivity contribution is -0.212. The van der Waals surface area contributed by atoms with Crippen LogP contribution >= 0.6 is 0 Å². The Kier molecular flexibility index (Phi) is 3.83. The molecule has 0 aromatic rings. The van der Waals surface area contributed by atoms with E-state index in [9.17, 15) is 18.0 Å². The predicted molar refractivity (Wildman–Crippen MR) is 50.0 cm³/mol. The fraction of sp³-hybridized carbons (Fsp3) is 0.900. The fourth-order valence-electron chi connectivity index (χ4n) is 2.18. The van der Waals surface area contributed by atoms with Crippen LogP contribution in [0, 0.1) is 5.92 Å². The third-order valence-electron chi connectivity index (χ3n) is 2.98. The lowest BCUT2D eigenvalue weighted by Gasteiger charge is -2.37. The summed E-state index contributed by atoms with van der Waals surface area (Å²) in [4.78, 5) is 11.0. The molecule has 0 amide bonds. The highest BCUT2D eigenvalue weighted by molar-refractivity contribution is 5.77. The molecule has 0 aromatic heterocycles. The third kappa shape index (κ3) is 2.66. The zero-order valence-electron chi connectivity index (χ0n) is 9.01. The Morgan fingerprint density at radius 2 is 2.19 bits per heavy atom. The van der Waals surface area contributed by atoms with Crippen LogP contribution < -0.4 is 0 Å². The van der Waals surface area contributed by atoms with Crippen molar-refractivity contribution in [1.82, 2.24) is 0 Å². The average Bonchev–Trinajstić information content (AvgIpc) is 2.17. The van der Waals surface area contributed by atoms with Crippen molar-refractivity contribution in [3.05, 3.63) is 0 Å². The molecule has 2 atom stereocenters. The molecule has 1 fully saturated rings. The van der Waals surface area contributed by atoms with Gasteiger partial charge < -0.3 is 9.84 Å². The summed E-state index contributed by atoms with van der Waals surface area (Å²) in [5.41, 5.74) is -1.65. The Hall–Kier alpha value is -0.780. The molecule has 0 aromatic carbocycles. The molecule has 6 heteroatoms. The highest BCUT2D eigenvalue weighted by Gasteiger charge is 2.51. The van der Waals surface area contributed by atoms with E-state index in [1.54, 1.807) is 6.92 Å². The summed E-state index contributed by atoms with van der Waals surface area (Å²) in [6, 6.07) is 0. The summed E-state index contributed by atoms with van der Waals surface area (Å²) in [6.45, 7) is 1.69. The second-order valence-electron chi connectivity index (χ2n) is 4.07. The quantitative estimate of drug-likeness (QED) is 0.824. The molecular weight excluding hydrogens is 225 g/mol. The maximum atomic E-state index is 12.5. The minimum atomic E-state index is -4.34. The number of aliphatic carboxylic acids is 1. The van der Waals surface area contributed by atoms with Crippen LogP contribution in [0.1, 0.15) is 32.6 Å². The smallest absolute Gasteiger partial charge is 0.391 e. The number of carboxylic acid groups (broad SMARTS) is 1. The van der Waals surface area contributed by atoms with E-state index in [2.05, 4.69) is 0 Å². The van der Waals surface area contributed by atoms with Gasteiger partial charge in [0.2, 0.25) is 0 Å². The first-order valence-electron chi connectivity index (χ1n) is 5.26. The van der Waals surface area contributed by atoms with Gasteiger partial charge in [-0.25, -0.2) is 4.79 Å². The van der Waals surface area contributed by atoms with E-state index >= 15 is 0 Å². The number of hydrogen-bond acceptors (Lipinski definition) is 2. The van der Waals surface area contributed by atoms with Crippen LogP contribution in [0.15, 0.2) is 0 Å². The molecule has 0 bridgehead atoms. The van der Waals surface area contributed by atoms with Gasteiger partial charge in [-0.1, -0.05) is 0 Å². The van der Waals surface area contributed by atoms with Crippen molar-refractivity contribution in [2.24, 2.45) is 5.92 Å². The second-order valence-corrected chi connectivity index (χ2v) is 4.07. The van der Waals surface area contributed by atoms with Crippen LogP contribution in [0.25, 0.3) is 0 Å². The number of hydrogen-bond donors (Lipinski definition) is 1. The minimum absolute atomic E-state index is 0.00833. The third-order valence-corrected chi connectivity index (χ3v) is 2.98. The Morgan fingerprint density at radius 3 is 2.62 bits per heavy atom. The molecule has 1 rings (SSSR count). The molecule has 1 aliphatic carbocycles. The molecule has 0 aliphatic heterocycles. The summed E-state index contributed by atoms with van der Waals surface area (Å²) >= 11 is 0. The van der Waals surface area contributed by atoms with E-state index in [1.807, 2.05) is 0 Å². The molecule has 3 nitrogen and oxygen atoms in total. The first-order chi connectivity index (χ1) is 7.32. The molecular formula is C10H15F3O3. The Labute approximate surface area is 91.6 Å². The van der Waals surface area contributed by atoms with E-state index in [0.29, 0.717) is 0 Å². The highest BCUT2D eigenvalue weighted by atomic mass is 19.4. The first kappa shape index (κ1) is 13.3. The molecule has 0 heterocycles. The first-order valence-corrected chi connectivity index (χ1v) is 5.26. The second kappa shape index (κ2) is 4.61. The van der Waals surface area contributed by atoms with Crippen molar-refractivity contribution < 1.29 is 27.8 Å². The van der Waals surface area contributed by atoms with Crippen molar-refractivity contribution in [2.75, 3.05) is 6.61 Å². The molecule has 0 radical (unpaired) electrons. The van der Waals surface area contributed by atoms with Crippen molar-refractivity contribution in [2.45, 2.75) is 44.4 Å². The largest absolute Gasteiger partial charge is 0.479 e. The SMILES string of the molecule is CCOC1(C(=O)O)CCCC(C(F)(F)F)C1. The number of alkyl halides is 3. The highest BCUT2D eigenvalue weighted by Crippen LogP contribution is 2.43. The fourth-order valence-corrected chi connectivity index (χ4v) is 2.18. The topological polar surface area (TPSA) is 46.5 Å². The molecule has 1 saturated carbocycles. The summed E-state index contributed by atoms with van der Waals surface area (Å²) < 4.78 is 42.7. The number of halogens is 3. The standard InChI is InChI=1S/C10H15F3O3/c1-2-16-9(8(14)15)5-3-4-7(6-9)10(11,12)13/h7H,2-6H2,1H3,(H,14,15). The van der Waals surface area contributed by atoms with Crippen molar-refractivity contribution >= 4 is 5.97 Å². The lowest BCUT2D eigenvalue weighted by Crippen LogP contribution is -2.48. The Bertz CT molecular complexity index is 261. The molecule has 2 unspecified atom stereocenters. The number of carbonyl (C=O) groups is 1. The zero-order chi connectivity index (χ0) is 12.4. The minimum Gasteiger partial charge on any atom is -0.479 e. The maximum Gasteiger partial charge on any atom is 0.391 e. The van der Waals surface area contributed by atoms with Gasteiger partial charge in [0.05, 0.1) is 5.92 Å². The van der Waals surface area contributed by atoms with Gasteiger partial charge in [-0.3, -0.25) is 0 Å². The van der Waals surface area contributed by atoms with E-state index in [1.165, 1.54) is 0 Å². The average molecular weight is 240 g/mol. The van der Waals surface area contributed by atoms with Crippen LogP contribution in [0.4, 0.5) is 13.2 Å². The predicted octanol–water partition coefficient (Wildman–Crippen LogP) is 2.60. The summed E-state index contributed by atoms with van der Waals surface area (Å²) in [6.07, 6.45) is -4.43. The number of ether oxygens (including phenoxy) is 1. The normalized spacial score (nSPS) is 31.4. The van der Waals surface area contributed by atoms with Gasteiger partial charge in [-0.15, -0.1) is 0 Å². The van der Waals surface area contributed by atoms with Gasteiger partial charge in [-0.05, 0) is 32.6 Å². The summed E-state index contributed by atoms with van der Waals surface area (Å²) in [7, 11) is 0. The molecule has 16 heavy (non-hydrogen) atoms. The zero-order valence-corrected chi connectivity index (χ0v) is 9.01. The molecule has 1 N–H and O–H groups in total. The maximum absolute atomic E-state index is 12.5. The molecule has 1 aliphatic rings. The monoisotopic (exact) mass is 240 g/mol. The van der Waals surface area contributed by atoms with Crippen molar-refractivity contribution in [3.63, 3.8) is 0 Å². The van der Waals surface area contributed by atoms with Gasteiger partial charge in [0, 0.05) is 6.61 Å².